The molecule has 0 saturated heterocycles. The molecule has 2 rings (SSSR count). The van der Waals surface area contributed by atoms with E-state index in [2.05, 4.69) is 37.2 Å². The third kappa shape index (κ3) is 3.96. The lowest BCUT2D eigenvalue weighted by atomic mass is 10.1. The first-order valence-corrected chi connectivity index (χ1v) is 8.00. The second-order valence-corrected chi connectivity index (χ2v) is 6.63. The van der Waals surface area contributed by atoms with Crippen molar-refractivity contribution in [2.75, 3.05) is 5.32 Å². The first-order valence-electron chi connectivity index (χ1n) is 6.04. The molecule has 0 spiro atoms. The highest BCUT2D eigenvalue weighted by Crippen LogP contribution is 2.32. The van der Waals surface area contributed by atoms with E-state index >= 15 is 0 Å². The van der Waals surface area contributed by atoms with Gasteiger partial charge in [-0.05, 0) is 52.7 Å². The maximum Gasteiger partial charge on any atom is 0.285 e. The maximum absolute atomic E-state index is 10.9. The van der Waals surface area contributed by atoms with Crippen LogP contribution in [-0.2, 0) is 0 Å². The summed E-state index contributed by atoms with van der Waals surface area (Å²) in [6.45, 7) is 1.95. The number of benzene rings is 2. The van der Waals surface area contributed by atoms with E-state index < -0.39 is 4.92 Å². The quantitative estimate of drug-likeness (QED) is 0.478. The van der Waals surface area contributed by atoms with Gasteiger partial charge in [0, 0.05) is 27.3 Å². The molecule has 0 aliphatic rings. The van der Waals surface area contributed by atoms with Crippen LogP contribution in [0.2, 0.25) is 5.02 Å². The molecule has 0 aliphatic carbocycles. The Hall–Kier alpha value is -1.11. The Labute approximate surface area is 143 Å². The third-order valence-corrected chi connectivity index (χ3v) is 4.45. The van der Waals surface area contributed by atoms with Crippen LogP contribution < -0.4 is 5.32 Å². The molecule has 0 aromatic heterocycles. The zero-order valence-electron chi connectivity index (χ0n) is 10.9. The Kier molecular flexibility index (Phi) is 5.24. The highest BCUT2D eigenvalue weighted by atomic mass is 79.9. The first kappa shape index (κ1) is 16.3. The SMILES string of the molecule is CC(Nc1ccc(Br)c([N+](=O)[O-])c1)c1ccc(Br)cc1Cl. The molecule has 1 N–H and O–H groups in total. The van der Waals surface area contributed by atoms with Gasteiger partial charge in [-0.2, -0.15) is 0 Å². The lowest BCUT2D eigenvalue weighted by Crippen LogP contribution is -2.07. The Morgan fingerprint density at radius 3 is 2.57 bits per heavy atom. The summed E-state index contributed by atoms with van der Waals surface area (Å²) < 4.78 is 1.36. The molecular formula is C14H11Br2ClN2O2. The molecule has 0 saturated carbocycles. The van der Waals surface area contributed by atoms with Crippen LogP contribution >= 0.6 is 43.5 Å². The average Bonchev–Trinajstić information content (AvgIpc) is 2.40. The summed E-state index contributed by atoms with van der Waals surface area (Å²) in [6, 6.07) is 10.5. The van der Waals surface area contributed by atoms with E-state index in [1.807, 2.05) is 25.1 Å². The van der Waals surface area contributed by atoms with Crippen LogP contribution in [0.5, 0.6) is 0 Å². The zero-order chi connectivity index (χ0) is 15.6. The number of anilines is 1. The topological polar surface area (TPSA) is 55.2 Å². The summed E-state index contributed by atoms with van der Waals surface area (Å²) in [6.07, 6.45) is 0. The molecule has 0 radical (unpaired) electrons. The fourth-order valence-corrected chi connectivity index (χ4v) is 3.15. The highest BCUT2D eigenvalue weighted by Gasteiger charge is 2.15. The lowest BCUT2D eigenvalue weighted by molar-refractivity contribution is -0.385. The second kappa shape index (κ2) is 6.77. The van der Waals surface area contributed by atoms with Crippen molar-refractivity contribution in [3.8, 4) is 0 Å². The molecule has 0 heterocycles. The highest BCUT2D eigenvalue weighted by molar-refractivity contribution is 9.10. The summed E-state index contributed by atoms with van der Waals surface area (Å²) in [5.41, 5.74) is 1.61. The summed E-state index contributed by atoms with van der Waals surface area (Å²) in [7, 11) is 0. The molecule has 4 nitrogen and oxygen atoms in total. The van der Waals surface area contributed by atoms with Gasteiger partial charge in [-0.15, -0.1) is 0 Å². The van der Waals surface area contributed by atoms with Gasteiger partial charge in [-0.3, -0.25) is 10.1 Å². The van der Waals surface area contributed by atoms with Crippen molar-refractivity contribution in [1.82, 2.24) is 0 Å². The smallest absolute Gasteiger partial charge is 0.285 e. The summed E-state index contributed by atoms with van der Waals surface area (Å²) in [4.78, 5) is 10.5. The van der Waals surface area contributed by atoms with E-state index in [-0.39, 0.29) is 11.7 Å². The van der Waals surface area contributed by atoms with Crippen molar-refractivity contribution >= 4 is 54.8 Å². The van der Waals surface area contributed by atoms with E-state index in [0.29, 0.717) is 15.2 Å². The van der Waals surface area contributed by atoms with E-state index in [1.54, 1.807) is 12.1 Å². The number of hydrogen-bond acceptors (Lipinski definition) is 3. The Morgan fingerprint density at radius 2 is 1.95 bits per heavy atom. The van der Waals surface area contributed by atoms with Crippen molar-refractivity contribution in [2.24, 2.45) is 0 Å². The van der Waals surface area contributed by atoms with Gasteiger partial charge >= 0.3 is 0 Å². The van der Waals surface area contributed by atoms with E-state index in [4.69, 9.17) is 11.6 Å². The van der Waals surface area contributed by atoms with Gasteiger partial charge in [0.15, 0.2) is 0 Å². The minimum atomic E-state index is -0.424. The average molecular weight is 435 g/mol. The monoisotopic (exact) mass is 432 g/mol. The summed E-state index contributed by atoms with van der Waals surface area (Å²) >= 11 is 12.7. The molecule has 1 unspecified atom stereocenters. The van der Waals surface area contributed by atoms with Gasteiger partial charge in [-0.25, -0.2) is 0 Å². The Bertz CT molecular complexity index is 695. The van der Waals surface area contributed by atoms with E-state index in [1.165, 1.54) is 6.07 Å². The molecule has 0 aliphatic heterocycles. The minimum Gasteiger partial charge on any atom is -0.378 e. The van der Waals surface area contributed by atoms with Crippen LogP contribution in [0.3, 0.4) is 0 Å². The van der Waals surface area contributed by atoms with Gasteiger partial charge in [-0.1, -0.05) is 33.6 Å². The largest absolute Gasteiger partial charge is 0.378 e. The van der Waals surface area contributed by atoms with Crippen LogP contribution in [0.1, 0.15) is 18.5 Å². The fraction of sp³-hybridized carbons (Fsp3) is 0.143. The fourth-order valence-electron chi connectivity index (χ4n) is 1.92. The number of nitro groups is 1. The van der Waals surface area contributed by atoms with Crippen LogP contribution in [0.4, 0.5) is 11.4 Å². The predicted octanol–water partition coefficient (Wildman–Crippen LogP) is 5.95. The van der Waals surface area contributed by atoms with Crippen LogP contribution in [0.25, 0.3) is 0 Å². The van der Waals surface area contributed by atoms with Gasteiger partial charge in [0.2, 0.25) is 0 Å². The van der Waals surface area contributed by atoms with Crippen LogP contribution in [0.15, 0.2) is 45.3 Å². The van der Waals surface area contributed by atoms with Crippen molar-refractivity contribution in [2.45, 2.75) is 13.0 Å². The van der Waals surface area contributed by atoms with Crippen molar-refractivity contribution in [1.29, 1.82) is 0 Å². The molecule has 7 heteroatoms. The summed E-state index contributed by atoms with van der Waals surface area (Å²) in [5, 5.41) is 14.8. The molecule has 0 amide bonds. The van der Waals surface area contributed by atoms with Crippen molar-refractivity contribution < 1.29 is 4.92 Å². The molecule has 110 valence electrons. The molecule has 0 fully saturated rings. The molecule has 1 atom stereocenters. The minimum absolute atomic E-state index is 0.0223. The normalized spacial score (nSPS) is 12.0. The van der Waals surface area contributed by atoms with Gasteiger partial charge < -0.3 is 5.32 Å². The number of hydrogen-bond donors (Lipinski definition) is 1. The van der Waals surface area contributed by atoms with Crippen LogP contribution in [-0.4, -0.2) is 4.92 Å². The maximum atomic E-state index is 10.9. The Balaban J connectivity index is 2.25. The number of nitrogens with zero attached hydrogens (tertiary/aromatic N) is 1. The van der Waals surface area contributed by atoms with Crippen LogP contribution in [0, 0.1) is 10.1 Å². The number of nitro benzene ring substituents is 1. The molecule has 0 bridgehead atoms. The lowest BCUT2D eigenvalue weighted by Gasteiger charge is -2.17. The third-order valence-electron chi connectivity index (χ3n) is 2.96. The number of nitrogens with one attached hydrogen (secondary N) is 1. The first-order chi connectivity index (χ1) is 9.88. The molecule has 21 heavy (non-hydrogen) atoms. The van der Waals surface area contributed by atoms with Gasteiger partial charge in [0.1, 0.15) is 0 Å². The number of halogens is 3. The predicted molar refractivity (Wildman–Crippen MR) is 92.0 cm³/mol. The summed E-state index contributed by atoms with van der Waals surface area (Å²) in [5.74, 6) is 0. The van der Waals surface area contributed by atoms with Crippen molar-refractivity contribution in [3.05, 3.63) is 66.0 Å². The van der Waals surface area contributed by atoms with Gasteiger partial charge in [0.05, 0.1) is 9.40 Å². The van der Waals surface area contributed by atoms with E-state index in [0.717, 1.165) is 10.0 Å². The second-order valence-electron chi connectivity index (χ2n) is 4.46. The number of rotatable bonds is 4. The standard InChI is InChI=1S/C14H11Br2ClN2O2/c1-8(11-4-2-9(15)6-13(11)17)18-10-3-5-12(16)14(7-10)19(20)21/h2-8,18H,1H3. The molecule has 2 aromatic carbocycles. The zero-order valence-corrected chi connectivity index (χ0v) is 14.9. The van der Waals surface area contributed by atoms with Crippen molar-refractivity contribution in [3.63, 3.8) is 0 Å². The van der Waals surface area contributed by atoms with Gasteiger partial charge in [0.25, 0.3) is 5.69 Å². The molecular weight excluding hydrogens is 423 g/mol. The molecule has 2 aromatic rings. The Morgan fingerprint density at radius 1 is 1.24 bits per heavy atom. The van der Waals surface area contributed by atoms with E-state index in [9.17, 15) is 10.1 Å².